The summed E-state index contributed by atoms with van der Waals surface area (Å²) in [6.45, 7) is 0.127. The lowest BCUT2D eigenvalue weighted by Gasteiger charge is -2.11. The Bertz CT molecular complexity index is 1210. The summed E-state index contributed by atoms with van der Waals surface area (Å²) < 4.78 is 33.0. The van der Waals surface area contributed by atoms with E-state index in [0.29, 0.717) is 12.2 Å². The number of rotatable bonds is 9. The monoisotopic (exact) mass is 467 g/mol. The molecule has 9 heteroatoms. The Labute approximate surface area is 193 Å². The molecule has 3 aromatic carbocycles. The number of hydrazine groups is 1. The lowest BCUT2D eigenvalue weighted by Crippen LogP contribution is -2.41. The lowest BCUT2D eigenvalue weighted by molar-refractivity contribution is -0.121. The molecule has 0 spiro atoms. The molecule has 0 atom stereocenters. The van der Waals surface area contributed by atoms with Gasteiger partial charge in [-0.05, 0) is 41.8 Å². The number of ether oxygens (including phenoxy) is 1. The predicted molar refractivity (Wildman–Crippen MR) is 124 cm³/mol. The van der Waals surface area contributed by atoms with Gasteiger partial charge in [-0.15, -0.1) is 0 Å². The fraction of sp³-hybridized carbons (Fsp3) is 0.167. The largest absolute Gasteiger partial charge is 0.496 e. The van der Waals surface area contributed by atoms with Crippen LogP contribution in [0.4, 0.5) is 0 Å². The van der Waals surface area contributed by atoms with Gasteiger partial charge in [0.2, 0.25) is 15.9 Å². The molecule has 0 aliphatic rings. The van der Waals surface area contributed by atoms with Gasteiger partial charge in [-0.2, -0.15) is 0 Å². The number of amides is 2. The maximum Gasteiger partial charge on any atom is 0.269 e. The third kappa shape index (κ3) is 6.90. The maximum absolute atomic E-state index is 12.6. The molecule has 0 aliphatic carbocycles. The minimum absolute atomic E-state index is 0.0476. The summed E-state index contributed by atoms with van der Waals surface area (Å²) in [4.78, 5) is 24.5. The van der Waals surface area contributed by atoms with E-state index >= 15 is 0 Å². The second-order valence-corrected chi connectivity index (χ2v) is 8.92. The van der Waals surface area contributed by atoms with Crippen LogP contribution < -0.4 is 20.3 Å². The standard InChI is InChI=1S/C24H25N3O5S/c1-32-22-13-6-5-10-19(22)14-15-23(28)26-27-24(29)20-11-7-12-21(16-20)33(30,31)25-17-18-8-3-2-4-9-18/h2-13,16,25H,14-15,17H2,1H3,(H,26,28)(H,27,29). The van der Waals surface area contributed by atoms with Crippen molar-refractivity contribution in [1.29, 1.82) is 0 Å². The molecule has 0 heterocycles. The predicted octanol–water partition coefficient (Wildman–Crippen LogP) is 2.57. The second-order valence-electron chi connectivity index (χ2n) is 7.15. The minimum Gasteiger partial charge on any atom is -0.496 e. The molecule has 0 saturated heterocycles. The van der Waals surface area contributed by atoms with Gasteiger partial charge in [-0.25, -0.2) is 13.1 Å². The van der Waals surface area contributed by atoms with Crippen LogP contribution in [-0.4, -0.2) is 27.3 Å². The number of hydrogen-bond acceptors (Lipinski definition) is 5. The molecule has 3 aromatic rings. The van der Waals surface area contributed by atoms with E-state index in [9.17, 15) is 18.0 Å². The summed E-state index contributed by atoms with van der Waals surface area (Å²) in [5, 5.41) is 0. The van der Waals surface area contributed by atoms with E-state index in [2.05, 4.69) is 15.6 Å². The summed E-state index contributed by atoms with van der Waals surface area (Å²) in [6.07, 6.45) is 0.574. The van der Waals surface area contributed by atoms with Crippen molar-refractivity contribution >= 4 is 21.8 Å². The Hall–Kier alpha value is -3.69. The zero-order valence-corrected chi connectivity index (χ0v) is 18.9. The molecule has 3 N–H and O–H groups in total. The van der Waals surface area contributed by atoms with Gasteiger partial charge >= 0.3 is 0 Å². The quantitative estimate of drug-likeness (QED) is 0.419. The molecule has 3 rings (SSSR count). The Morgan fingerprint density at radius 3 is 2.36 bits per heavy atom. The van der Waals surface area contributed by atoms with Gasteiger partial charge in [0.25, 0.3) is 5.91 Å². The first-order valence-electron chi connectivity index (χ1n) is 10.2. The molecule has 8 nitrogen and oxygen atoms in total. The van der Waals surface area contributed by atoms with Crippen LogP contribution in [0.5, 0.6) is 5.75 Å². The van der Waals surface area contributed by atoms with Crippen LogP contribution in [0.15, 0.2) is 83.8 Å². The normalized spacial score (nSPS) is 10.9. The zero-order valence-electron chi connectivity index (χ0n) is 18.1. The SMILES string of the molecule is COc1ccccc1CCC(=O)NNC(=O)c1cccc(S(=O)(=O)NCc2ccccc2)c1. The number of carbonyl (C=O) groups is 2. The molecule has 0 unspecified atom stereocenters. The highest BCUT2D eigenvalue weighted by Gasteiger charge is 2.16. The second kappa shape index (κ2) is 11.3. The maximum atomic E-state index is 12.6. The number of carbonyl (C=O) groups excluding carboxylic acids is 2. The van der Waals surface area contributed by atoms with Crippen molar-refractivity contribution in [2.75, 3.05) is 7.11 Å². The molecule has 33 heavy (non-hydrogen) atoms. The molecular weight excluding hydrogens is 442 g/mol. The molecule has 2 amide bonds. The molecule has 0 saturated carbocycles. The van der Waals surface area contributed by atoms with Gasteiger partial charge in [-0.3, -0.25) is 20.4 Å². The summed E-state index contributed by atoms with van der Waals surface area (Å²) in [5.41, 5.74) is 6.45. The molecule has 172 valence electrons. The Balaban J connectivity index is 1.55. The first-order valence-corrected chi connectivity index (χ1v) is 11.7. The lowest BCUT2D eigenvalue weighted by atomic mass is 10.1. The van der Waals surface area contributed by atoms with Crippen molar-refractivity contribution in [2.45, 2.75) is 24.3 Å². The number of benzene rings is 3. The number of hydrogen-bond donors (Lipinski definition) is 3. The Morgan fingerprint density at radius 2 is 1.61 bits per heavy atom. The van der Waals surface area contributed by atoms with E-state index in [-0.39, 0.29) is 29.3 Å². The third-order valence-corrected chi connectivity index (χ3v) is 6.24. The van der Waals surface area contributed by atoms with Crippen LogP contribution in [0.3, 0.4) is 0 Å². The third-order valence-electron chi connectivity index (χ3n) is 4.85. The van der Waals surface area contributed by atoms with Crippen LogP contribution >= 0.6 is 0 Å². The van der Waals surface area contributed by atoms with Gasteiger partial charge in [0.15, 0.2) is 0 Å². The number of methoxy groups -OCH3 is 1. The highest BCUT2D eigenvalue weighted by molar-refractivity contribution is 7.89. The van der Waals surface area contributed by atoms with E-state index in [0.717, 1.165) is 11.1 Å². The average Bonchev–Trinajstić information content (AvgIpc) is 2.85. The molecular formula is C24H25N3O5S. The van der Waals surface area contributed by atoms with Crippen molar-refractivity contribution in [3.8, 4) is 5.75 Å². The number of nitrogens with one attached hydrogen (secondary N) is 3. The van der Waals surface area contributed by atoms with Crippen LogP contribution in [0.1, 0.15) is 27.9 Å². The Kier molecular flexibility index (Phi) is 8.17. The summed E-state index contributed by atoms with van der Waals surface area (Å²) in [6, 6.07) is 22.1. The fourth-order valence-corrected chi connectivity index (χ4v) is 4.14. The van der Waals surface area contributed by atoms with E-state index < -0.39 is 15.9 Å². The zero-order chi connectivity index (χ0) is 23.7. The summed E-state index contributed by atoms with van der Waals surface area (Å²) in [7, 11) is -2.26. The van der Waals surface area contributed by atoms with Crippen LogP contribution in [0, 0.1) is 0 Å². The molecule has 0 aromatic heterocycles. The molecule has 0 radical (unpaired) electrons. The van der Waals surface area contributed by atoms with E-state index in [1.54, 1.807) is 7.11 Å². The first kappa shape index (κ1) is 24.0. The van der Waals surface area contributed by atoms with Crippen molar-refractivity contribution in [2.24, 2.45) is 0 Å². The van der Waals surface area contributed by atoms with Crippen molar-refractivity contribution < 1.29 is 22.7 Å². The van der Waals surface area contributed by atoms with E-state index in [1.807, 2.05) is 54.6 Å². The van der Waals surface area contributed by atoms with Crippen molar-refractivity contribution in [3.05, 3.63) is 95.6 Å². The number of aryl methyl sites for hydroxylation is 1. The highest BCUT2D eigenvalue weighted by atomic mass is 32.2. The highest BCUT2D eigenvalue weighted by Crippen LogP contribution is 2.18. The molecule has 0 fully saturated rings. The minimum atomic E-state index is -3.82. The number of para-hydroxylation sites is 1. The van der Waals surface area contributed by atoms with Crippen LogP contribution in [0.2, 0.25) is 0 Å². The van der Waals surface area contributed by atoms with Crippen LogP contribution in [-0.2, 0) is 27.8 Å². The van der Waals surface area contributed by atoms with Crippen molar-refractivity contribution in [1.82, 2.24) is 15.6 Å². The van der Waals surface area contributed by atoms with Gasteiger partial charge in [-0.1, -0.05) is 54.6 Å². The molecule has 0 aliphatic heterocycles. The van der Waals surface area contributed by atoms with Gasteiger partial charge in [0.1, 0.15) is 5.75 Å². The first-order chi connectivity index (χ1) is 15.9. The van der Waals surface area contributed by atoms with Gasteiger partial charge in [0, 0.05) is 18.5 Å². The summed E-state index contributed by atoms with van der Waals surface area (Å²) in [5.74, 6) is -0.323. The smallest absolute Gasteiger partial charge is 0.269 e. The van der Waals surface area contributed by atoms with E-state index in [4.69, 9.17) is 4.74 Å². The Morgan fingerprint density at radius 1 is 0.879 bits per heavy atom. The average molecular weight is 468 g/mol. The topological polar surface area (TPSA) is 114 Å². The fourth-order valence-electron chi connectivity index (χ4n) is 3.08. The summed E-state index contributed by atoms with van der Waals surface area (Å²) >= 11 is 0. The van der Waals surface area contributed by atoms with Gasteiger partial charge < -0.3 is 4.74 Å². The van der Waals surface area contributed by atoms with Crippen LogP contribution in [0.25, 0.3) is 0 Å². The van der Waals surface area contributed by atoms with E-state index in [1.165, 1.54) is 24.3 Å². The number of sulfonamides is 1. The molecule has 0 bridgehead atoms. The van der Waals surface area contributed by atoms with Crippen molar-refractivity contribution in [3.63, 3.8) is 0 Å². The van der Waals surface area contributed by atoms with Gasteiger partial charge in [0.05, 0.1) is 12.0 Å².